The van der Waals surface area contributed by atoms with E-state index in [-0.39, 0.29) is 23.7 Å². The van der Waals surface area contributed by atoms with Gasteiger partial charge in [0.1, 0.15) is 11.7 Å². The van der Waals surface area contributed by atoms with Gasteiger partial charge in [-0.1, -0.05) is 121 Å². The molecular weight excluding hydrogens is 600 g/mol. The number of rotatable bonds is 9. The Morgan fingerprint density at radius 2 is 0.833 bits per heavy atom. The number of nitrogens with zero attached hydrogens (tertiary/aromatic N) is 2. The number of carboxylic acid groups (broad SMARTS) is 2. The Hall–Kier alpha value is -5.24. The standard InChI is InChI=1S/2C18H18N2.C4H6O4/c2*1-3-7-14(8-4-1)18(15-9-5-2-6-10-15)13-16(18)17-19-11-12-20-17;5-3(6)1-2-4(7)8/h2*1-10,16H,11-13H2,(H,19,20);1-2H2,(H,5,6)(H,7,8). The summed E-state index contributed by atoms with van der Waals surface area (Å²) in [6.45, 7) is 3.83. The molecule has 2 unspecified atom stereocenters. The van der Waals surface area contributed by atoms with Gasteiger partial charge in [0, 0.05) is 35.8 Å². The molecule has 4 aromatic rings. The van der Waals surface area contributed by atoms with Crippen LogP contribution in [0.4, 0.5) is 0 Å². The molecule has 2 fully saturated rings. The van der Waals surface area contributed by atoms with E-state index in [0.717, 1.165) is 39.0 Å². The summed E-state index contributed by atoms with van der Waals surface area (Å²) in [4.78, 5) is 28.6. The van der Waals surface area contributed by atoms with Gasteiger partial charge in [0.15, 0.2) is 0 Å². The number of amidine groups is 2. The monoisotopic (exact) mass is 642 g/mol. The molecule has 8 heteroatoms. The quantitative estimate of drug-likeness (QED) is 0.180. The summed E-state index contributed by atoms with van der Waals surface area (Å²) in [5.41, 5.74) is 5.89. The molecule has 2 aliphatic heterocycles. The maximum Gasteiger partial charge on any atom is 0.303 e. The van der Waals surface area contributed by atoms with Crippen LogP contribution in [0.3, 0.4) is 0 Å². The van der Waals surface area contributed by atoms with E-state index < -0.39 is 11.9 Å². The molecule has 4 N–H and O–H groups in total. The summed E-state index contributed by atoms with van der Waals surface area (Å²) in [7, 11) is 0. The SMILES string of the molecule is O=C(O)CCC(=O)O.c1ccc(C2(c3ccccc3)CC2C2=NCCN2)cc1.c1ccc(C2(c3ccccc3)CC2C2=NCCN2)cc1. The topological polar surface area (TPSA) is 123 Å². The molecule has 4 aliphatic rings. The molecule has 2 aliphatic carbocycles. The third-order valence-electron chi connectivity index (χ3n) is 9.69. The lowest BCUT2D eigenvalue weighted by molar-refractivity contribution is -0.143. The smallest absolute Gasteiger partial charge is 0.303 e. The molecule has 0 saturated heterocycles. The maximum atomic E-state index is 9.64. The first kappa shape index (κ1) is 32.7. The van der Waals surface area contributed by atoms with Crippen LogP contribution in [-0.4, -0.2) is 60.0 Å². The number of aliphatic carboxylic acids is 2. The lowest BCUT2D eigenvalue weighted by Crippen LogP contribution is -2.25. The number of hydrogen-bond donors (Lipinski definition) is 4. The predicted octanol–water partition coefficient (Wildman–Crippen LogP) is 5.92. The first-order valence-electron chi connectivity index (χ1n) is 16.7. The van der Waals surface area contributed by atoms with Crippen molar-refractivity contribution in [3.05, 3.63) is 144 Å². The van der Waals surface area contributed by atoms with Gasteiger partial charge in [-0.3, -0.25) is 19.6 Å². The van der Waals surface area contributed by atoms with Crippen LogP contribution in [0.1, 0.15) is 47.9 Å². The number of benzene rings is 4. The van der Waals surface area contributed by atoms with Gasteiger partial charge in [0.25, 0.3) is 0 Å². The summed E-state index contributed by atoms with van der Waals surface area (Å²) in [5.74, 6) is 1.28. The van der Waals surface area contributed by atoms with Gasteiger partial charge in [-0.2, -0.15) is 0 Å². The Kier molecular flexibility index (Phi) is 9.99. The van der Waals surface area contributed by atoms with E-state index in [4.69, 9.17) is 10.2 Å². The Morgan fingerprint density at radius 3 is 1.06 bits per heavy atom. The first-order valence-corrected chi connectivity index (χ1v) is 16.7. The van der Waals surface area contributed by atoms with Crippen LogP contribution < -0.4 is 10.6 Å². The summed E-state index contributed by atoms with van der Waals surface area (Å²) in [6.07, 6.45) is 1.73. The van der Waals surface area contributed by atoms with Crippen LogP contribution in [0.5, 0.6) is 0 Å². The molecule has 8 rings (SSSR count). The number of carbonyl (C=O) groups is 2. The van der Waals surface area contributed by atoms with Crippen LogP contribution in [-0.2, 0) is 20.4 Å². The molecule has 2 atom stereocenters. The third-order valence-corrected chi connectivity index (χ3v) is 9.69. The summed E-state index contributed by atoms with van der Waals surface area (Å²) in [5, 5.41) is 22.7. The average Bonchev–Trinajstić information content (AvgIpc) is 3.88. The second-order valence-corrected chi connectivity index (χ2v) is 12.6. The zero-order valence-corrected chi connectivity index (χ0v) is 27.0. The maximum absolute atomic E-state index is 9.64. The first-order chi connectivity index (χ1) is 23.4. The van der Waals surface area contributed by atoms with E-state index in [2.05, 4.69) is 142 Å². The Balaban J connectivity index is 0.000000138. The number of hydrogen-bond acceptors (Lipinski definition) is 6. The van der Waals surface area contributed by atoms with E-state index in [9.17, 15) is 9.59 Å². The normalized spacial score (nSPS) is 20.6. The minimum Gasteiger partial charge on any atom is -0.481 e. The highest BCUT2D eigenvalue weighted by molar-refractivity contribution is 5.92. The highest BCUT2D eigenvalue weighted by atomic mass is 16.4. The highest BCUT2D eigenvalue weighted by Gasteiger charge is 2.60. The van der Waals surface area contributed by atoms with E-state index in [1.54, 1.807) is 0 Å². The molecule has 4 aromatic carbocycles. The second-order valence-electron chi connectivity index (χ2n) is 12.6. The van der Waals surface area contributed by atoms with Gasteiger partial charge < -0.3 is 20.8 Å². The van der Waals surface area contributed by atoms with E-state index in [0.29, 0.717) is 11.8 Å². The fourth-order valence-corrected chi connectivity index (χ4v) is 7.25. The molecule has 0 aromatic heterocycles. The van der Waals surface area contributed by atoms with Crippen LogP contribution >= 0.6 is 0 Å². The second kappa shape index (κ2) is 14.7. The van der Waals surface area contributed by atoms with Gasteiger partial charge >= 0.3 is 11.9 Å². The van der Waals surface area contributed by atoms with Crippen molar-refractivity contribution in [2.75, 3.05) is 26.2 Å². The van der Waals surface area contributed by atoms with Crippen molar-refractivity contribution in [1.29, 1.82) is 0 Å². The molecule has 246 valence electrons. The number of carboxylic acids is 2. The van der Waals surface area contributed by atoms with Crippen LogP contribution in [0.2, 0.25) is 0 Å². The van der Waals surface area contributed by atoms with Crippen LogP contribution in [0, 0.1) is 11.8 Å². The van der Waals surface area contributed by atoms with Crippen molar-refractivity contribution >= 4 is 23.6 Å². The zero-order chi connectivity index (χ0) is 33.4. The summed E-state index contributed by atoms with van der Waals surface area (Å²) in [6, 6.07) is 43.5. The predicted molar refractivity (Wildman–Crippen MR) is 189 cm³/mol. The van der Waals surface area contributed by atoms with Gasteiger partial charge in [-0.15, -0.1) is 0 Å². The molecule has 0 amide bonds. The molecule has 2 heterocycles. The van der Waals surface area contributed by atoms with Gasteiger partial charge in [-0.25, -0.2) is 0 Å². The lowest BCUT2D eigenvalue weighted by atomic mass is 9.85. The van der Waals surface area contributed by atoms with Crippen molar-refractivity contribution in [3.8, 4) is 0 Å². The number of aliphatic imine (C=N–C) groups is 2. The van der Waals surface area contributed by atoms with Gasteiger partial charge in [-0.05, 0) is 35.1 Å². The van der Waals surface area contributed by atoms with E-state index >= 15 is 0 Å². The average molecular weight is 643 g/mol. The van der Waals surface area contributed by atoms with Gasteiger partial charge in [0.2, 0.25) is 0 Å². The van der Waals surface area contributed by atoms with Crippen LogP contribution in [0.15, 0.2) is 131 Å². The number of nitrogens with one attached hydrogen (secondary N) is 2. The summed E-state index contributed by atoms with van der Waals surface area (Å²) < 4.78 is 0. The minimum atomic E-state index is -1.08. The molecule has 0 spiro atoms. The molecule has 0 radical (unpaired) electrons. The Bertz CT molecular complexity index is 1530. The molecule has 2 saturated carbocycles. The van der Waals surface area contributed by atoms with Crippen LogP contribution in [0.25, 0.3) is 0 Å². The van der Waals surface area contributed by atoms with E-state index in [1.165, 1.54) is 33.9 Å². The Morgan fingerprint density at radius 1 is 0.542 bits per heavy atom. The fraction of sp³-hybridized carbons (Fsp3) is 0.300. The van der Waals surface area contributed by atoms with Gasteiger partial charge in [0.05, 0.1) is 25.9 Å². The lowest BCUT2D eigenvalue weighted by Gasteiger charge is -2.19. The zero-order valence-electron chi connectivity index (χ0n) is 27.0. The van der Waals surface area contributed by atoms with Crippen molar-refractivity contribution in [1.82, 2.24) is 10.6 Å². The highest BCUT2D eigenvalue weighted by Crippen LogP contribution is 2.60. The fourth-order valence-electron chi connectivity index (χ4n) is 7.25. The molecular formula is C40H42N4O4. The van der Waals surface area contributed by atoms with Crippen molar-refractivity contribution in [2.24, 2.45) is 21.8 Å². The molecule has 8 nitrogen and oxygen atoms in total. The van der Waals surface area contributed by atoms with E-state index in [1.807, 2.05) is 0 Å². The third kappa shape index (κ3) is 7.03. The molecule has 0 bridgehead atoms. The Labute approximate surface area is 281 Å². The van der Waals surface area contributed by atoms with Crippen molar-refractivity contribution < 1.29 is 19.8 Å². The van der Waals surface area contributed by atoms with Crippen molar-refractivity contribution in [2.45, 2.75) is 36.5 Å². The minimum absolute atomic E-state index is 0.124. The molecule has 48 heavy (non-hydrogen) atoms. The van der Waals surface area contributed by atoms with Crippen molar-refractivity contribution in [3.63, 3.8) is 0 Å². The largest absolute Gasteiger partial charge is 0.481 e. The summed E-state index contributed by atoms with van der Waals surface area (Å²) >= 11 is 0.